The molecule has 1 fully saturated rings. The molecule has 1 saturated heterocycles. The van der Waals surface area contributed by atoms with Crippen LogP contribution < -0.4 is 4.74 Å². The van der Waals surface area contributed by atoms with Crippen molar-refractivity contribution in [3.8, 4) is 5.75 Å². The standard InChI is InChI=1S/C23H27N3O4/c1-4-30-18-8-5-7-17(15-18)20-19(21(27)16-9-11-24-12-10-16)22(28)23(29)26(20)14-6-13-25(2)3/h5,7-12,15,20,27H,4,6,13-14H2,1-3H3/b21-19-. The highest BCUT2D eigenvalue weighted by molar-refractivity contribution is 6.46. The lowest BCUT2D eigenvalue weighted by atomic mass is 9.95. The summed E-state index contributed by atoms with van der Waals surface area (Å²) in [6.45, 7) is 3.57. The minimum absolute atomic E-state index is 0.0877. The van der Waals surface area contributed by atoms with Crippen molar-refractivity contribution in [2.75, 3.05) is 33.8 Å². The molecular weight excluding hydrogens is 382 g/mol. The molecule has 1 aliphatic rings. The molecule has 7 heteroatoms. The van der Waals surface area contributed by atoms with Crippen LogP contribution in [-0.2, 0) is 9.59 Å². The van der Waals surface area contributed by atoms with Gasteiger partial charge >= 0.3 is 0 Å². The SMILES string of the molecule is CCOc1cccc(C2/C(=C(/O)c3ccncc3)C(=O)C(=O)N2CCCN(C)C)c1. The van der Waals surface area contributed by atoms with E-state index in [-0.39, 0.29) is 11.3 Å². The van der Waals surface area contributed by atoms with Gasteiger partial charge < -0.3 is 19.6 Å². The number of hydrogen-bond donors (Lipinski definition) is 1. The van der Waals surface area contributed by atoms with Gasteiger partial charge in [0, 0.05) is 24.5 Å². The quantitative estimate of drug-likeness (QED) is 0.410. The van der Waals surface area contributed by atoms with Gasteiger partial charge in [0.2, 0.25) is 0 Å². The van der Waals surface area contributed by atoms with Crippen molar-refractivity contribution in [1.82, 2.24) is 14.8 Å². The highest BCUT2D eigenvalue weighted by Gasteiger charge is 2.45. The second-order valence-electron chi connectivity index (χ2n) is 7.39. The van der Waals surface area contributed by atoms with Crippen molar-refractivity contribution >= 4 is 17.4 Å². The first kappa shape index (κ1) is 21.5. The van der Waals surface area contributed by atoms with E-state index in [1.807, 2.05) is 50.2 Å². The number of ketones is 1. The van der Waals surface area contributed by atoms with Crippen LogP contribution in [0.4, 0.5) is 0 Å². The Hall–Kier alpha value is -3.19. The van der Waals surface area contributed by atoms with Gasteiger partial charge in [-0.1, -0.05) is 12.1 Å². The van der Waals surface area contributed by atoms with Crippen molar-refractivity contribution in [1.29, 1.82) is 0 Å². The maximum Gasteiger partial charge on any atom is 0.295 e. The fraction of sp³-hybridized carbons (Fsp3) is 0.348. The number of benzene rings is 1. The fourth-order valence-electron chi connectivity index (χ4n) is 3.62. The van der Waals surface area contributed by atoms with Gasteiger partial charge in [0.05, 0.1) is 18.2 Å². The van der Waals surface area contributed by atoms with Crippen molar-refractivity contribution in [2.45, 2.75) is 19.4 Å². The molecule has 7 nitrogen and oxygen atoms in total. The number of likely N-dealkylation sites (tertiary alicyclic amines) is 1. The summed E-state index contributed by atoms with van der Waals surface area (Å²) in [6.07, 6.45) is 3.77. The summed E-state index contributed by atoms with van der Waals surface area (Å²) in [7, 11) is 3.92. The van der Waals surface area contributed by atoms with E-state index in [0.717, 1.165) is 12.1 Å². The molecule has 0 radical (unpaired) electrons. The van der Waals surface area contributed by atoms with E-state index >= 15 is 0 Å². The van der Waals surface area contributed by atoms with Crippen LogP contribution in [0.1, 0.15) is 30.5 Å². The van der Waals surface area contributed by atoms with E-state index in [0.29, 0.717) is 30.9 Å². The zero-order valence-electron chi connectivity index (χ0n) is 17.5. The number of aromatic nitrogens is 1. The van der Waals surface area contributed by atoms with E-state index in [1.54, 1.807) is 17.0 Å². The highest BCUT2D eigenvalue weighted by atomic mass is 16.5. The van der Waals surface area contributed by atoms with E-state index < -0.39 is 17.7 Å². The Bertz CT molecular complexity index is 940. The smallest absolute Gasteiger partial charge is 0.295 e. The Balaban J connectivity index is 2.08. The van der Waals surface area contributed by atoms with Crippen LogP contribution in [0.5, 0.6) is 5.75 Å². The summed E-state index contributed by atoms with van der Waals surface area (Å²) in [5.74, 6) is -0.826. The Morgan fingerprint density at radius 2 is 1.93 bits per heavy atom. The van der Waals surface area contributed by atoms with Crippen LogP contribution >= 0.6 is 0 Å². The van der Waals surface area contributed by atoms with E-state index in [9.17, 15) is 14.7 Å². The number of aliphatic hydroxyl groups excluding tert-OH is 1. The van der Waals surface area contributed by atoms with E-state index in [4.69, 9.17) is 4.74 Å². The maximum atomic E-state index is 13.0. The molecule has 158 valence electrons. The number of amides is 1. The molecule has 3 rings (SSSR count). The van der Waals surface area contributed by atoms with Crippen molar-refractivity contribution < 1.29 is 19.4 Å². The normalized spacial score (nSPS) is 18.3. The van der Waals surface area contributed by atoms with Gasteiger partial charge in [0.25, 0.3) is 11.7 Å². The molecule has 0 saturated carbocycles. The van der Waals surface area contributed by atoms with Crippen LogP contribution in [0.15, 0.2) is 54.4 Å². The minimum atomic E-state index is -0.680. The predicted octanol–water partition coefficient (Wildman–Crippen LogP) is 2.85. The summed E-state index contributed by atoms with van der Waals surface area (Å²) in [4.78, 5) is 33.4. The van der Waals surface area contributed by atoms with Crippen LogP contribution in [0.3, 0.4) is 0 Å². The summed E-state index contributed by atoms with van der Waals surface area (Å²) in [6, 6.07) is 9.86. The average molecular weight is 409 g/mol. The van der Waals surface area contributed by atoms with Gasteiger partial charge in [-0.05, 0) is 63.8 Å². The number of carbonyl (C=O) groups is 2. The zero-order valence-corrected chi connectivity index (χ0v) is 17.5. The molecule has 1 unspecified atom stereocenters. The number of aliphatic hydroxyl groups is 1. The molecule has 0 spiro atoms. The van der Waals surface area contributed by atoms with Crippen molar-refractivity contribution in [3.05, 3.63) is 65.5 Å². The Labute approximate surface area is 176 Å². The first-order valence-corrected chi connectivity index (χ1v) is 10.00. The largest absolute Gasteiger partial charge is 0.507 e. The Morgan fingerprint density at radius 3 is 2.60 bits per heavy atom. The van der Waals surface area contributed by atoms with Crippen LogP contribution in [0.2, 0.25) is 0 Å². The molecule has 1 amide bonds. The van der Waals surface area contributed by atoms with Gasteiger partial charge in [0.15, 0.2) is 0 Å². The number of nitrogens with zero attached hydrogens (tertiary/aromatic N) is 3. The molecule has 1 atom stereocenters. The van der Waals surface area contributed by atoms with Gasteiger partial charge in [-0.15, -0.1) is 0 Å². The third kappa shape index (κ3) is 4.52. The second kappa shape index (κ2) is 9.54. The van der Waals surface area contributed by atoms with Crippen molar-refractivity contribution in [3.63, 3.8) is 0 Å². The molecule has 1 aliphatic heterocycles. The van der Waals surface area contributed by atoms with Crippen LogP contribution in [0.25, 0.3) is 5.76 Å². The average Bonchev–Trinajstić information content (AvgIpc) is 2.99. The number of carbonyl (C=O) groups excluding carboxylic acids is 2. The number of rotatable bonds is 8. The molecule has 1 N–H and O–H groups in total. The lowest BCUT2D eigenvalue weighted by Gasteiger charge is -2.26. The van der Waals surface area contributed by atoms with Gasteiger partial charge in [-0.25, -0.2) is 0 Å². The van der Waals surface area contributed by atoms with Gasteiger partial charge in [0.1, 0.15) is 11.5 Å². The van der Waals surface area contributed by atoms with Gasteiger partial charge in [-0.2, -0.15) is 0 Å². The van der Waals surface area contributed by atoms with Gasteiger partial charge in [-0.3, -0.25) is 14.6 Å². The molecule has 0 bridgehead atoms. The number of ether oxygens (including phenoxy) is 1. The Kier molecular flexibility index (Phi) is 6.84. The molecule has 1 aromatic heterocycles. The third-order valence-corrected chi connectivity index (χ3v) is 4.98. The summed E-state index contributed by atoms with van der Waals surface area (Å²) < 4.78 is 5.61. The van der Waals surface area contributed by atoms with E-state index in [2.05, 4.69) is 4.98 Å². The topological polar surface area (TPSA) is 83.0 Å². The predicted molar refractivity (Wildman–Crippen MR) is 114 cm³/mol. The fourth-order valence-corrected chi connectivity index (χ4v) is 3.62. The van der Waals surface area contributed by atoms with Crippen LogP contribution in [0, 0.1) is 0 Å². The van der Waals surface area contributed by atoms with Crippen LogP contribution in [-0.4, -0.2) is 65.4 Å². The molecule has 2 heterocycles. The molecule has 0 aliphatic carbocycles. The summed E-state index contributed by atoms with van der Waals surface area (Å²) in [5.41, 5.74) is 1.26. The zero-order chi connectivity index (χ0) is 21.7. The first-order valence-electron chi connectivity index (χ1n) is 10.00. The summed E-state index contributed by atoms with van der Waals surface area (Å²) in [5, 5.41) is 11.0. The molecule has 1 aromatic carbocycles. The minimum Gasteiger partial charge on any atom is -0.507 e. The first-order chi connectivity index (χ1) is 14.4. The summed E-state index contributed by atoms with van der Waals surface area (Å²) >= 11 is 0. The molecular formula is C23H27N3O4. The van der Waals surface area contributed by atoms with Crippen molar-refractivity contribution in [2.24, 2.45) is 0 Å². The highest BCUT2D eigenvalue weighted by Crippen LogP contribution is 2.40. The van der Waals surface area contributed by atoms with E-state index in [1.165, 1.54) is 12.4 Å². The monoisotopic (exact) mass is 409 g/mol. The number of hydrogen-bond acceptors (Lipinski definition) is 6. The molecule has 30 heavy (non-hydrogen) atoms. The Morgan fingerprint density at radius 1 is 1.20 bits per heavy atom. The number of Topliss-reactive ketones (excluding diaryl/α,β-unsaturated/α-hetero) is 1. The lowest BCUT2D eigenvalue weighted by Crippen LogP contribution is -2.32. The second-order valence-corrected chi connectivity index (χ2v) is 7.39. The number of pyridine rings is 1. The third-order valence-electron chi connectivity index (χ3n) is 4.98. The maximum absolute atomic E-state index is 13.0. The molecule has 2 aromatic rings. The lowest BCUT2D eigenvalue weighted by molar-refractivity contribution is -0.139.